The SMILES string of the molecule is CN(Cc1ccccc1)C(=O)c1cnn(C)c1Cl. The Bertz CT molecular complexity index is 551. The van der Waals surface area contributed by atoms with Crippen molar-refractivity contribution in [3.05, 3.63) is 52.8 Å². The van der Waals surface area contributed by atoms with E-state index >= 15 is 0 Å². The zero-order valence-corrected chi connectivity index (χ0v) is 11.1. The largest absolute Gasteiger partial charge is 0.337 e. The Balaban J connectivity index is 2.12. The first-order chi connectivity index (χ1) is 8.59. The van der Waals surface area contributed by atoms with Crippen LogP contribution in [-0.4, -0.2) is 27.6 Å². The number of carbonyl (C=O) groups is 1. The number of aryl methyl sites for hydroxylation is 1. The fourth-order valence-corrected chi connectivity index (χ4v) is 1.87. The Hall–Kier alpha value is -1.81. The Morgan fingerprint density at radius 2 is 2.06 bits per heavy atom. The molecule has 4 nitrogen and oxygen atoms in total. The molecule has 0 aliphatic rings. The van der Waals surface area contributed by atoms with Gasteiger partial charge in [-0.25, -0.2) is 0 Å². The van der Waals surface area contributed by atoms with E-state index in [1.54, 1.807) is 19.0 Å². The number of aromatic nitrogens is 2. The van der Waals surface area contributed by atoms with E-state index in [0.29, 0.717) is 17.3 Å². The van der Waals surface area contributed by atoms with Crippen molar-refractivity contribution in [3.8, 4) is 0 Å². The summed E-state index contributed by atoms with van der Waals surface area (Å²) in [6.07, 6.45) is 1.49. The standard InChI is InChI=1S/C13H14ClN3O/c1-16(9-10-6-4-3-5-7-10)13(18)11-8-15-17(2)12(11)14/h3-8H,9H2,1-2H3. The van der Waals surface area contributed by atoms with E-state index in [0.717, 1.165) is 5.56 Å². The summed E-state index contributed by atoms with van der Waals surface area (Å²) in [7, 11) is 3.45. The highest BCUT2D eigenvalue weighted by atomic mass is 35.5. The molecule has 0 spiro atoms. The van der Waals surface area contributed by atoms with E-state index in [9.17, 15) is 4.79 Å². The molecule has 94 valence electrons. The highest BCUT2D eigenvalue weighted by Gasteiger charge is 2.18. The molecule has 0 atom stereocenters. The second-order valence-corrected chi connectivity index (χ2v) is 4.48. The molecule has 0 N–H and O–H groups in total. The van der Waals surface area contributed by atoms with Crippen LogP contribution in [0.25, 0.3) is 0 Å². The average molecular weight is 264 g/mol. The Labute approximate surface area is 111 Å². The molecule has 1 aromatic carbocycles. The monoisotopic (exact) mass is 263 g/mol. The highest BCUT2D eigenvalue weighted by molar-refractivity contribution is 6.32. The van der Waals surface area contributed by atoms with Crippen LogP contribution in [0, 0.1) is 0 Å². The fourth-order valence-electron chi connectivity index (χ4n) is 1.70. The maximum Gasteiger partial charge on any atom is 0.258 e. The van der Waals surface area contributed by atoms with E-state index < -0.39 is 0 Å². The third kappa shape index (κ3) is 2.54. The summed E-state index contributed by atoms with van der Waals surface area (Å²) < 4.78 is 1.48. The molecule has 0 fully saturated rings. The van der Waals surface area contributed by atoms with Gasteiger partial charge in [-0.2, -0.15) is 5.10 Å². The van der Waals surface area contributed by atoms with Gasteiger partial charge in [0.05, 0.1) is 11.8 Å². The van der Waals surface area contributed by atoms with Gasteiger partial charge in [-0.3, -0.25) is 9.48 Å². The van der Waals surface area contributed by atoms with Gasteiger partial charge in [0.25, 0.3) is 5.91 Å². The van der Waals surface area contributed by atoms with Crippen molar-refractivity contribution < 1.29 is 4.79 Å². The molecule has 18 heavy (non-hydrogen) atoms. The van der Waals surface area contributed by atoms with E-state index in [1.165, 1.54) is 10.9 Å². The predicted octanol–water partition coefficient (Wildman–Crippen LogP) is 2.35. The number of hydrogen-bond donors (Lipinski definition) is 0. The molecule has 2 rings (SSSR count). The molecule has 1 heterocycles. The van der Waals surface area contributed by atoms with Crippen LogP contribution in [0.15, 0.2) is 36.5 Å². The van der Waals surface area contributed by atoms with Crippen LogP contribution in [0.2, 0.25) is 5.15 Å². The Morgan fingerprint density at radius 3 is 2.61 bits per heavy atom. The zero-order chi connectivity index (χ0) is 13.1. The number of benzene rings is 1. The summed E-state index contributed by atoms with van der Waals surface area (Å²) in [5.74, 6) is -0.128. The number of halogens is 1. The first kappa shape index (κ1) is 12.6. The second kappa shape index (κ2) is 5.23. The first-order valence-corrected chi connectivity index (χ1v) is 5.94. The Kier molecular flexibility index (Phi) is 3.67. The summed E-state index contributed by atoms with van der Waals surface area (Å²) in [4.78, 5) is 13.8. The predicted molar refractivity (Wildman–Crippen MR) is 70.5 cm³/mol. The lowest BCUT2D eigenvalue weighted by Crippen LogP contribution is -2.26. The van der Waals surface area contributed by atoms with Crippen LogP contribution < -0.4 is 0 Å². The summed E-state index contributed by atoms with van der Waals surface area (Å²) >= 11 is 6.00. The number of hydrogen-bond acceptors (Lipinski definition) is 2. The minimum Gasteiger partial charge on any atom is -0.337 e. The van der Waals surface area contributed by atoms with Gasteiger partial charge in [0.15, 0.2) is 0 Å². The summed E-state index contributed by atoms with van der Waals surface area (Å²) in [6.45, 7) is 0.547. The lowest BCUT2D eigenvalue weighted by atomic mass is 10.2. The average Bonchev–Trinajstić information content (AvgIpc) is 2.70. The highest BCUT2D eigenvalue weighted by Crippen LogP contribution is 2.16. The van der Waals surface area contributed by atoms with Crippen molar-refractivity contribution >= 4 is 17.5 Å². The van der Waals surface area contributed by atoms with E-state index in [-0.39, 0.29) is 5.91 Å². The van der Waals surface area contributed by atoms with Gasteiger partial charge in [-0.15, -0.1) is 0 Å². The van der Waals surface area contributed by atoms with Crippen LogP contribution in [0.1, 0.15) is 15.9 Å². The number of rotatable bonds is 3. The van der Waals surface area contributed by atoms with E-state index in [4.69, 9.17) is 11.6 Å². The third-order valence-electron chi connectivity index (χ3n) is 2.71. The summed E-state index contributed by atoms with van der Waals surface area (Å²) in [5.41, 5.74) is 1.51. The van der Waals surface area contributed by atoms with Crippen molar-refractivity contribution in [2.24, 2.45) is 7.05 Å². The number of carbonyl (C=O) groups excluding carboxylic acids is 1. The van der Waals surface area contributed by atoms with Gasteiger partial charge < -0.3 is 4.90 Å². The van der Waals surface area contributed by atoms with Crippen LogP contribution in [0.5, 0.6) is 0 Å². The molecule has 0 bridgehead atoms. The minimum atomic E-state index is -0.128. The molecule has 5 heteroatoms. The molecule has 2 aromatic rings. The van der Waals surface area contributed by atoms with Gasteiger partial charge in [0.2, 0.25) is 0 Å². The lowest BCUT2D eigenvalue weighted by Gasteiger charge is -2.16. The second-order valence-electron chi connectivity index (χ2n) is 4.12. The molecule has 0 unspecified atom stereocenters. The Morgan fingerprint density at radius 1 is 1.39 bits per heavy atom. The summed E-state index contributed by atoms with van der Waals surface area (Å²) in [5, 5.41) is 4.32. The first-order valence-electron chi connectivity index (χ1n) is 5.56. The number of nitrogens with zero attached hydrogens (tertiary/aromatic N) is 3. The molecular weight excluding hydrogens is 250 g/mol. The maximum absolute atomic E-state index is 12.2. The van der Waals surface area contributed by atoms with E-state index in [1.807, 2.05) is 30.3 Å². The fraction of sp³-hybridized carbons (Fsp3) is 0.231. The normalized spacial score (nSPS) is 10.4. The van der Waals surface area contributed by atoms with Gasteiger partial charge in [-0.05, 0) is 5.56 Å². The molecule has 0 saturated heterocycles. The van der Waals surface area contributed by atoms with Crippen molar-refractivity contribution in [3.63, 3.8) is 0 Å². The quantitative estimate of drug-likeness (QED) is 0.853. The molecule has 0 saturated carbocycles. The molecule has 1 aromatic heterocycles. The van der Waals surface area contributed by atoms with Crippen LogP contribution >= 0.6 is 11.6 Å². The molecular formula is C13H14ClN3O. The summed E-state index contributed by atoms with van der Waals surface area (Å²) in [6, 6.07) is 9.81. The van der Waals surface area contributed by atoms with Crippen molar-refractivity contribution in [2.45, 2.75) is 6.54 Å². The van der Waals surface area contributed by atoms with Crippen molar-refractivity contribution in [1.29, 1.82) is 0 Å². The number of amides is 1. The van der Waals surface area contributed by atoms with Crippen LogP contribution in [0.3, 0.4) is 0 Å². The lowest BCUT2D eigenvalue weighted by molar-refractivity contribution is 0.0785. The topological polar surface area (TPSA) is 38.1 Å². The zero-order valence-electron chi connectivity index (χ0n) is 10.3. The van der Waals surface area contributed by atoms with Crippen LogP contribution in [-0.2, 0) is 13.6 Å². The van der Waals surface area contributed by atoms with Gasteiger partial charge in [0, 0.05) is 20.6 Å². The maximum atomic E-state index is 12.2. The molecule has 0 radical (unpaired) electrons. The minimum absolute atomic E-state index is 0.128. The molecule has 1 amide bonds. The van der Waals surface area contributed by atoms with Crippen molar-refractivity contribution in [1.82, 2.24) is 14.7 Å². The molecule has 0 aliphatic carbocycles. The third-order valence-corrected chi connectivity index (χ3v) is 3.15. The van der Waals surface area contributed by atoms with Gasteiger partial charge >= 0.3 is 0 Å². The van der Waals surface area contributed by atoms with Crippen LogP contribution in [0.4, 0.5) is 0 Å². The molecule has 0 aliphatic heterocycles. The smallest absolute Gasteiger partial charge is 0.258 e. The van der Waals surface area contributed by atoms with E-state index in [2.05, 4.69) is 5.10 Å². The van der Waals surface area contributed by atoms with Crippen molar-refractivity contribution in [2.75, 3.05) is 7.05 Å². The van der Waals surface area contributed by atoms with Gasteiger partial charge in [-0.1, -0.05) is 41.9 Å². The van der Waals surface area contributed by atoms with Gasteiger partial charge in [0.1, 0.15) is 5.15 Å².